The van der Waals surface area contributed by atoms with Crippen molar-refractivity contribution in [3.05, 3.63) is 52.5 Å². The number of fused-ring (bicyclic) bond motifs is 2. The van der Waals surface area contributed by atoms with Gasteiger partial charge in [0.2, 0.25) is 10.0 Å². The van der Waals surface area contributed by atoms with Gasteiger partial charge >= 0.3 is 0 Å². The van der Waals surface area contributed by atoms with Crippen molar-refractivity contribution in [1.82, 2.24) is 4.98 Å². The lowest BCUT2D eigenvalue weighted by atomic mass is 10.1. The summed E-state index contributed by atoms with van der Waals surface area (Å²) < 4.78 is 26.5. The van der Waals surface area contributed by atoms with Crippen LogP contribution in [0.3, 0.4) is 0 Å². The molecule has 6 nitrogen and oxygen atoms in total. The molecular formula is C19H19N3O3S2. The molecule has 1 atom stereocenters. The SMILES string of the molecule is Cc1nc2ccc(NC(=O)c3ccc4c(c3)C[C@@H](C)N4S(C)(=O)=O)cc2s1. The van der Waals surface area contributed by atoms with E-state index in [0.717, 1.165) is 20.8 Å². The summed E-state index contributed by atoms with van der Waals surface area (Å²) in [6.07, 6.45) is 1.80. The summed E-state index contributed by atoms with van der Waals surface area (Å²) in [7, 11) is -3.34. The first kappa shape index (κ1) is 17.9. The number of aryl methyl sites for hydroxylation is 1. The summed E-state index contributed by atoms with van der Waals surface area (Å²) >= 11 is 1.58. The van der Waals surface area contributed by atoms with Gasteiger partial charge in [0.05, 0.1) is 27.2 Å². The molecule has 0 saturated carbocycles. The van der Waals surface area contributed by atoms with Gasteiger partial charge in [0.15, 0.2) is 0 Å². The fourth-order valence-electron chi connectivity index (χ4n) is 3.57. The molecule has 0 spiro atoms. The molecule has 140 valence electrons. The first-order valence-corrected chi connectivity index (χ1v) is 11.2. The Morgan fingerprint density at radius 1 is 1.26 bits per heavy atom. The number of benzene rings is 2. The van der Waals surface area contributed by atoms with E-state index in [1.807, 2.05) is 32.0 Å². The van der Waals surface area contributed by atoms with Crippen LogP contribution in [-0.2, 0) is 16.4 Å². The molecule has 0 bridgehead atoms. The number of carbonyl (C=O) groups is 1. The minimum atomic E-state index is -3.34. The van der Waals surface area contributed by atoms with Gasteiger partial charge in [-0.3, -0.25) is 9.10 Å². The number of amides is 1. The first-order valence-electron chi connectivity index (χ1n) is 8.53. The van der Waals surface area contributed by atoms with E-state index in [9.17, 15) is 13.2 Å². The van der Waals surface area contributed by atoms with E-state index in [1.54, 1.807) is 29.5 Å². The molecule has 2 aromatic carbocycles. The van der Waals surface area contributed by atoms with Crippen molar-refractivity contribution in [2.45, 2.75) is 26.3 Å². The molecule has 0 aliphatic carbocycles. The van der Waals surface area contributed by atoms with Crippen LogP contribution in [0, 0.1) is 6.92 Å². The van der Waals surface area contributed by atoms with E-state index < -0.39 is 10.0 Å². The summed E-state index contributed by atoms with van der Waals surface area (Å²) in [6, 6.07) is 10.7. The van der Waals surface area contributed by atoms with Gasteiger partial charge in [0.25, 0.3) is 5.91 Å². The van der Waals surface area contributed by atoms with Crippen molar-refractivity contribution < 1.29 is 13.2 Å². The molecule has 1 aromatic heterocycles. The molecule has 27 heavy (non-hydrogen) atoms. The summed E-state index contributed by atoms with van der Waals surface area (Å²) in [6.45, 7) is 3.82. The predicted molar refractivity (Wildman–Crippen MR) is 109 cm³/mol. The Hall–Kier alpha value is -2.45. The topological polar surface area (TPSA) is 79.4 Å². The maximum absolute atomic E-state index is 12.7. The second-order valence-electron chi connectivity index (χ2n) is 6.82. The van der Waals surface area contributed by atoms with E-state index in [0.29, 0.717) is 23.4 Å². The largest absolute Gasteiger partial charge is 0.322 e. The Balaban J connectivity index is 1.60. The van der Waals surface area contributed by atoms with Gasteiger partial charge in [-0.25, -0.2) is 13.4 Å². The highest BCUT2D eigenvalue weighted by Gasteiger charge is 2.32. The molecule has 1 amide bonds. The molecule has 0 fully saturated rings. The van der Waals surface area contributed by atoms with Crippen molar-refractivity contribution in [3.8, 4) is 0 Å². The molecule has 4 rings (SSSR count). The van der Waals surface area contributed by atoms with Crippen molar-refractivity contribution in [2.24, 2.45) is 0 Å². The molecule has 0 radical (unpaired) electrons. The Morgan fingerprint density at radius 3 is 2.78 bits per heavy atom. The zero-order chi connectivity index (χ0) is 19.3. The third-order valence-electron chi connectivity index (χ3n) is 4.61. The van der Waals surface area contributed by atoms with Crippen molar-refractivity contribution in [2.75, 3.05) is 15.9 Å². The number of hydrogen-bond acceptors (Lipinski definition) is 5. The van der Waals surface area contributed by atoms with Crippen LogP contribution in [0.1, 0.15) is 27.9 Å². The lowest BCUT2D eigenvalue weighted by Crippen LogP contribution is -2.34. The molecule has 1 N–H and O–H groups in total. The lowest BCUT2D eigenvalue weighted by Gasteiger charge is -2.21. The number of rotatable bonds is 3. The number of thiazole rings is 1. The lowest BCUT2D eigenvalue weighted by molar-refractivity contribution is 0.102. The zero-order valence-electron chi connectivity index (χ0n) is 15.2. The summed E-state index contributed by atoms with van der Waals surface area (Å²) in [5.41, 5.74) is 3.67. The second kappa shape index (κ2) is 6.31. The first-order chi connectivity index (χ1) is 12.7. The Morgan fingerprint density at radius 2 is 2.04 bits per heavy atom. The summed E-state index contributed by atoms with van der Waals surface area (Å²) in [5.74, 6) is -0.219. The van der Waals surface area contributed by atoms with Gasteiger partial charge in [-0.15, -0.1) is 11.3 Å². The van der Waals surface area contributed by atoms with Crippen molar-refractivity contribution in [3.63, 3.8) is 0 Å². The maximum Gasteiger partial charge on any atom is 0.255 e. The van der Waals surface area contributed by atoms with Crippen LogP contribution in [-0.4, -0.2) is 31.6 Å². The molecule has 8 heteroatoms. The highest BCUT2D eigenvalue weighted by atomic mass is 32.2. The van der Waals surface area contributed by atoms with Gasteiger partial charge in [-0.1, -0.05) is 0 Å². The minimum Gasteiger partial charge on any atom is -0.322 e. The smallest absolute Gasteiger partial charge is 0.255 e. The van der Waals surface area contributed by atoms with E-state index in [2.05, 4.69) is 10.3 Å². The van der Waals surface area contributed by atoms with Gasteiger partial charge < -0.3 is 5.32 Å². The van der Waals surface area contributed by atoms with Crippen LogP contribution in [0.25, 0.3) is 10.2 Å². The Labute approximate surface area is 161 Å². The monoisotopic (exact) mass is 401 g/mol. The van der Waals surface area contributed by atoms with E-state index in [-0.39, 0.29) is 11.9 Å². The van der Waals surface area contributed by atoms with Gasteiger partial charge in [-0.05, 0) is 62.2 Å². The van der Waals surface area contributed by atoms with Crippen LogP contribution in [0.2, 0.25) is 0 Å². The number of carbonyl (C=O) groups excluding carboxylic acids is 1. The summed E-state index contributed by atoms with van der Waals surface area (Å²) in [5, 5.41) is 3.89. The second-order valence-corrected chi connectivity index (χ2v) is 9.92. The number of anilines is 2. The van der Waals surface area contributed by atoms with Crippen molar-refractivity contribution >= 4 is 48.9 Å². The highest BCUT2D eigenvalue weighted by molar-refractivity contribution is 7.92. The molecule has 0 saturated heterocycles. The van der Waals surface area contributed by atoms with Gasteiger partial charge in [0.1, 0.15) is 0 Å². The van der Waals surface area contributed by atoms with Crippen LogP contribution in [0.4, 0.5) is 11.4 Å². The molecule has 0 unspecified atom stereocenters. The number of nitrogens with zero attached hydrogens (tertiary/aromatic N) is 2. The van der Waals surface area contributed by atoms with Crippen molar-refractivity contribution in [1.29, 1.82) is 0 Å². The van der Waals surface area contributed by atoms with Crippen LogP contribution in [0.5, 0.6) is 0 Å². The standard InChI is InChI=1S/C19H19N3O3S2/c1-11-8-14-9-13(4-7-17(14)22(11)27(3,24)25)19(23)21-15-5-6-16-18(10-15)26-12(2)20-16/h4-7,9-11H,8H2,1-3H3,(H,21,23)/t11-/m1/s1. The zero-order valence-corrected chi connectivity index (χ0v) is 16.8. The number of sulfonamides is 1. The fourth-order valence-corrected chi connectivity index (χ4v) is 5.70. The minimum absolute atomic E-state index is 0.148. The molecular weight excluding hydrogens is 382 g/mol. The normalized spacial score (nSPS) is 16.6. The third-order valence-corrected chi connectivity index (χ3v) is 6.81. The number of nitrogens with one attached hydrogen (secondary N) is 1. The number of aromatic nitrogens is 1. The molecule has 1 aliphatic rings. The van der Waals surface area contributed by atoms with Crippen LogP contribution >= 0.6 is 11.3 Å². The van der Waals surface area contributed by atoms with Crippen LogP contribution < -0.4 is 9.62 Å². The maximum atomic E-state index is 12.7. The highest BCUT2D eigenvalue weighted by Crippen LogP contribution is 2.35. The molecule has 2 heterocycles. The van der Waals surface area contributed by atoms with Gasteiger partial charge in [0, 0.05) is 17.3 Å². The average Bonchev–Trinajstić information content (AvgIpc) is 3.10. The van der Waals surface area contributed by atoms with Crippen LogP contribution in [0.15, 0.2) is 36.4 Å². The average molecular weight is 402 g/mol. The predicted octanol–water partition coefficient (Wildman–Crippen LogP) is 3.57. The number of hydrogen-bond donors (Lipinski definition) is 1. The quantitative estimate of drug-likeness (QED) is 0.728. The fraction of sp³-hybridized carbons (Fsp3) is 0.263. The Bertz CT molecular complexity index is 1170. The Kier molecular flexibility index (Phi) is 4.20. The summed E-state index contributed by atoms with van der Waals surface area (Å²) in [4.78, 5) is 17.1. The van der Waals surface area contributed by atoms with E-state index >= 15 is 0 Å². The molecule has 3 aromatic rings. The van der Waals surface area contributed by atoms with E-state index in [1.165, 1.54) is 10.6 Å². The molecule has 1 aliphatic heterocycles. The van der Waals surface area contributed by atoms with Gasteiger partial charge in [-0.2, -0.15) is 0 Å². The van der Waals surface area contributed by atoms with E-state index in [4.69, 9.17) is 0 Å². The third kappa shape index (κ3) is 3.30.